The lowest BCUT2D eigenvalue weighted by Gasteiger charge is -2.40. The maximum atomic E-state index is 14.0. The molecule has 1 aliphatic carbocycles. The van der Waals surface area contributed by atoms with Gasteiger partial charge in [-0.15, -0.1) is 0 Å². The maximum Gasteiger partial charge on any atom is 0.255 e. The monoisotopic (exact) mass is 612 g/mol. The second kappa shape index (κ2) is 13.4. The van der Waals surface area contributed by atoms with E-state index in [2.05, 4.69) is 50.4 Å². The highest BCUT2D eigenvalue weighted by Gasteiger charge is 2.31. The van der Waals surface area contributed by atoms with Crippen LogP contribution in [0.25, 0.3) is 11.1 Å². The number of hydrogen-bond donors (Lipinski definition) is 2. The number of ether oxygens (including phenoxy) is 3. The number of hydrogen-bond acceptors (Lipinski definition) is 7. The summed E-state index contributed by atoms with van der Waals surface area (Å²) in [5, 5.41) is 3.11. The number of carbonyl (C=O) groups excluding carboxylic acids is 1. The number of amides is 1. The van der Waals surface area contributed by atoms with Gasteiger partial charge in [0.25, 0.3) is 11.5 Å². The standard InChI is InChI=1S/C36H44N4O5/c1-24-29-4-2-3-5-30(29)32(36(42)38-24)22-37-35(41)31-20-27(26-8-6-25(7-9-26)23-39-12-17-44-18-13-39)21-33-34(31)45-19-14-40(33)28-10-15-43-16-11-28/h6-9,20-21,28H,2-5,10-19,22-23H2,1H3,(H,37,41)(H,38,42). The molecule has 2 saturated heterocycles. The molecule has 2 aromatic carbocycles. The number of anilines is 1. The van der Waals surface area contributed by atoms with Crippen molar-refractivity contribution < 1.29 is 19.0 Å². The van der Waals surface area contributed by atoms with Gasteiger partial charge in [0, 0.05) is 56.7 Å². The zero-order chi connectivity index (χ0) is 30.8. The van der Waals surface area contributed by atoms with Gasteiger partial charge >= 0.3 is 0 Å². The van der Waals surface area contributed by atoms with Crippen LogP contribution in [0.5, 0.6) is 5.75 Å². The predicted molar refractivity (Wildman–Crippen MR) is 174 cm³/mol. The second-order valence-corrected chi connectivity index (χ2v) is 12.7. The highest BCUT2D eigenvalue weighted by molar-refractivity contribution is 6.01. The molecule has 238 valence electrons. The van der Waals surface area contributed by atoms with Gasteiger partial charge in [-0.1, -0.05) is 24.3 Å². The first kappa shape index (κ1) is 30.0. The first-order valence-electron chi connectivity index (χ1n) is 16.6. The Kier molecular flexibility index (Phi) is 8.92. The molecule has 3 aromatic rings. The summed E-state index contributed by atoms with van der Waals surface area (Å²) in [6.07, 6.45) is 5.93. The number of benzene rings is 2. The minimum atomic E-state index is -0.226. The summed E-state index contributed by atoms with van der Waals surface area (Å²) in [4.78, 5) is 34.9. The number of carbonyl (C=O) groups is 1. The molecular formula is C36H44N4O5. The average molecular weight is 613 g/mol. The number of nitrogens with one attached hydrogen (secondary N) is 2. The normalized spacial score (nSPS) is 19.0. The van der Waals surface area contributed by atoms with E-state index in [1.807, 2.05) is 13.0 Å². The topological polar surface area (TPSA) is 96.1 Å². The van der Waals surface area contributed by atoms with Crippen LogP contribution in [0, 0.1) is 6.92 Å². The Bertz CT molecular complexity index is 1590. The van der Waals surface area contributed by atoms with Gasteiger partial charge in [-0.05, 0) is 85.4 Å². The highest BCUT2D eigenvalue weighted by Crippen LogP contribution is 2.41. The predicted octanol–water partition coefficient (Wildman–Crippen LogP) is 4.37. The molecule has 1 amide bonds. The largest absolute Gasteiger partial charge is 0.489 e. The summed E-state index contributed by atoms with van der Waals surface area (Å²) >= 11 is 0. The number of aromatic amines is 1. The summed E-state index contributed by atoms with van der Waals surface area (Å²) in [6.45, 7) is 9.29. The number of nitrogens with zero attached hydrogens (tertiary/aromatic N) is 2. The number of morpholine rings is 1. The number of aryl methyl sites for hydroxylation is 1. The Labute approximate surface area is 264 Å². The van der Waals surface area contributed by atoms with Crippen LogP contribution in [0.1, 0.15) is 64.0 Å². The molecule has 4 aliphatic rings. The van der Waals surface area contributed by atoms with E-state index in [0.717, 1.165) is 119 Å². The van der Waals surface area contributed by atoms with Crippen molar-refractivity contribution in [2.45, 2.75) is 64.6 Å². The molecule has 7 rings (SSSR count). The lowest BCUT2D eigenvalue weighted by molar-refractivity contribution is 0.0342. The van der Waals surface area contributed by atoms with Crippen molar-refractivity contribution in [2.24, 2.45) is 0 Å². The lowest BCUT2D eigenvalue weighted by Crippen LogP contribution is -2.44. The van der Waals surface area contributed by atoms with Gasteiger partial charge in [-0.3, -0.25) is 14.5 Å². The van der Waals surface area contributed by atoms with Crippen LogP contribution >= 0.6 is 0 Å². The number of pyridine rings is 1. The van der Waals surface area contributed by atoms with Crippen LogP contribution in [0.3, 0.4) is 0 Å². The molecule has 4 heterocycles. The number of aromatic nitrogens is 1. The first-order valence-corrected chi connectivity index (χ1v) is 16.6. The Hall–Kier alpha value is -3.66. The fourth-order valence-electron chi connectivity index (χ4n) is 7.44. The van der Waals surface area contributed by atoms with E-state index in [-0.39, 0.29) is 18.0 Å². The molecule has 1 aromatic heterocycles. The van der Waals surface area contributed by atoms with Crippen LogP contribution in [-0.4, -0.2) is 74.5 Å². The fraction of sp³-hybridized carbons (Fsp3) is 0.500. The number of fused-ring (bicyclic) bond motifs is 2. The van der Waals surface area contributed by atoms with Gasteiger partial charge in [-0.2, -0.15) is 0 Å². The van der Waals surface area contributed by atoms with Crippen molar-refractivity contribution in [2.75, 3.05) is 57.6 Å². The smallest absolute Gasteiger partial charge is 0.255 e. The van der Waals surface area contributed by atoms with Gasteiger partial charge in [0.2, 0.25) is 0 Å². The summed E-state index contributed by atoms with van der Waals surface area (Å²) in [7, 11) is 0. The van der Waals surface area contributed by atoms with E-state index < -0.39 is 0 Å². The second-order valence-electron chi connectivity index (χ2n) is 12.7. The third-order valence-corrected chi connectivity index (χ3v) is 9.92. The van der Waals surface area contributed by atoms with Crippen molar-refractivity contribution in [3.63, 3.8) is 0 Å². The quantitative estimate of drug-likeness (QED) is 0.409. The molecule has 0 spiro atoms. The van der Waals surface area contributed by atoms with Gasteiger partial charge in [0.1, 0.15) is 6.61 Å². The minimum Gasteiger partial charge on any atom is -0.489 e. The molecule has 9 heteroatoms. The Balaban J connectivity index is 1.20. The minimum absolute atomic E-state index is 0.108. The van der Waals surface area contributed by atoms with Crippen molar-refractivity contribution in [3.05, 3.63) is 80.3 Å². The number of H-pyrrole nitrogens is 1. The van der Waals surface area contributed by atoms with Crippen LogP contribution in [0.2, 0.25) is 0 Å². The van der Waals surface area contributed by atoms with E-state index in [0.29, 0.717) is 29.5 Å². The van der Waals surface area contributed by atoms with Crippen LogP contribution in [0.4, 0.5) is 5.69 Å². The SMILES string of the molecule is Cc1[nH]c(=O)c(CNC(=O)c2cc(-c3ccc(CN4CCOCC4)cc3)cc3c2OCCN3C2CCOCC2)c2c1CCCC2. The van der Waals surface area contributed by atoms with E-state index in [4.69, 9.17) is 14.2 Å². The van der Waals surface area contributed by atoms with Crippen molar-refractivity contribution in [1.82, 2.24) is 15.2 Å². The number of rotatable bonds is 7. The Morgan fingerprint density at radius 2 is 1.64 bits per heavy atom. The first-order chi connectivity index (χ1) is 22.0. The molecule has 3 aliphatic heterocycles. The Morgan fingerprint density at radius 3 is 2.42 bits per heavy atom. The molecule has 0 atom stereocenters. The molecular weight excluding hydrogens is 568 g/mol. The summed E-state index contributed by atoms with van der Waals surface area (Å²) < 4.78 is 17.4. The van der Waals surface area contributed by atoms with Crippen molar-refractivity contribution in [3.8, 4) is 16.9 Å². The summed E-state index contributed by atoms with van der Waals surface area (Å²) in [5.41, 5.74) is 8.61. The molecule has 2 N–H and O–H groups in total. The van der Waals surface area contributed by atoms with Gasteiger partial charge in [-0.25, -0.2) is 0 Å². The molecule has 2 fully saturated rings. The molecule has 45 heavy (non-hydrogen) atoms. The van der Waals surface area contributed by atoms with E-state index >= 15 is 0 Å². The molecule has 0 bridgehead atoms. The van der Waals surface area contributed by atoms with Crippen LogP contribution in [-0.2, 0) is 35.4 Å². The maximum absolute atomic E-state index is 14.0. The Morgan fingerprint density at radius 1 is 0.911 bits per heavy atom. The molecule has 9 nitrogen and oxygen atoms in total. The fourth-order valence-corrected chi connectivity index (χ4v) is 7.44. The van der Waals surface area contributed by atoms with Gasteiger partial charge < -0.3 is 29.4 Å². The van der Waals surface area contributed by atoms with Crippen molar-refractivity contribution in [1.29, 1.82) is 0 Å². The molecule has 0 radical (unpaired) electrons. The van der Waals surface area contributed by atoms with Crippen LogP contribution in [0.15, 0.2) is 41.2 Å². The van der Waals surface area contributed by atoms with Gasteiger partial charge in [0.15, 0.2) is 5.75 Å². The summed E-state index contributed by atoms with van der Waals surface area (Å²) in [6, 6.07) is 13.1. The molecule has 0 saturated carbocycles. The highest BCUT2D eigenvalue weighted by atomic mass is 16.5. The average Bonchev–Trinajstić information content (AvgIpc) is 3.08. The van der Waals surface area contributed by atoms with Gasteiger partial charge in [0.05, 0.1) is 31.0 Å². The summed E-state index contributed by atoms with van der Waals surface area (Å²) in [5.74, 6) is 0.396. The third-order valence-electron chi connectivity index (χ3n) is 9.92. The van der Waals surface area contributed by atoms with E-state index in [1.54, 1.807) is 0 Å². The van der Waals surface area contributed by atoms with Crippen molar-refractivity contribution >= 4 is 11.6 Å². The molecule has 0 unspecified atom stereocenters. The van der Waals surface area contributed by atoms with Crippen LogP contribution < -0.4 is 20.5 Å². The third kappa shape index (κ3) is 6.39. The lowest BCUT2D eigenvalue weighted by atomic mass is 9.88. The zero-order valence-corrected chi connectivity index (χ0v) is 26.3. The zero-order valence-electron chi connectivity index (χ0n) is 26.3. The van der Waals surface area contributed by atoms with E-state index in [1.165, 1.54) is 11.1 Å². The van der Waals surface area contributed by atoms with E-state index in [9.17, 15) is 9.59 Å².